The van der Waals surface area contributed by atoms with Gasteiger partial charge in [-0.3, -0.25) is 19.2 Å². The van der Waals surface area contributed by atoms with E-state index in [1.165, 1.54) is 75.9 Å². The van der Waals surface area contributed by atoms with Gasteiger partial charge in [-0.1, -0.05) is 18.2 Å². The number of benzene rings is 4. The van der Waals surface area contributed by atoms with Gasteiger partial charge in [-0.05, 0) is 171 Å². The van der Waals surface area contributed by atoms with E-state index in [-0.39, 0.29) is 79.7 Å². The van der Waals surface area contributed by atoms with Crippen LogP contribution in [-0.4, -0.2) is 84.8 Å². The number of halogens is 1. The predicted octanol–water partition coefficient (Wildman–Crippen LogP) is 3.65. The Kier molecular flexibility index (Phi) is 14.8. The van der Waals surface area contributed by atoms with Gasteiger partial charge in [0.15, 0.2) is 0 Å². The van der Waals surface area contributed by atoms with Gasteiger partial charge in [0, 0.05) is 11.4 Å². The van der Waals surface area contributed by atoms with Crippen LogP contribution in [0.1, 0.15) is 121 Å². The molecule has 2 heterocycles. The zero-order chi connectivity index (χ0) is 43.7. The number of carbonyl (C=O) groups is 5. The number of rotatable bonds is 8. The Bertz CT molecular complexity index is 2900. The summed E-state index contributed by atoms with van der Waals surface area (Å²) in [4.78, 5) is 63.0. The average Bonchev–Trinajstić information content (AvgIpc) is 4.09. The molecular formula is C48H51BrMgN4O9S2. The molecule has 13 nitrogen and oxygen atoms in total. The molecular weight excluding hydrogens is 945 g/mol. The number of aliphatic hydroxyl groups is 1. The third kappa shape index (κ3) is 9.38. The fourth-order valence-electron chi connectivity index (χ4n) is 9.88. The Morgan fingerprint density at radius 2 is 1.03 bits per heavy atom. The van der Waals surface area contributed by atoms with Crippen molar-refractivity contribution >= 4 is 83.5 Å². The molecule has 338 valence electrons. The summed E-state index contributed by atoms with van der Waals surface area (Å²) in [5.41, 5.74) is 11.6. The van der Waals surface area contributed by atoms with Gasteiger partial charge in [-0.2, -0.15) is 8.73 Å². The molecule has 10 rings (SSSR count). The fraction of sp³-hybridized carbons (Fsp3) is 0.375. The molecule has 65 heavy (non-hydrogen) atoms. The van der Waals surface area contributed by atoms with Gasteiger partial charge in [0.2, 0.25) is 11.8 Å². The van der Waals surface area contributed by atoms with Gasteiger partial charge in [-0.25, -0.2) is 13.2 Å². The number of hydrogen-bond donors (Lipinski definition) is 3. The number of methoxy groups -OCH3 is 1. The standard InChI is InChI=1S/C24H26N2O4S.C23H22N2O5S.CH3.BrH.Mg/c1-24(2,29)16-9-10-19-20(12-16)31(30,26-23(19)28)13-21(27)25-22-17-7-3-5-14(17)11-15-6-4-8-18(15)22;1-30-23(28)15-8-9-18-19(11-15)31(29,25-22(18)27)12-20(26)24-21-16-6-2-4-13(16)10-14-5-3-7-17(14)21;;;/h9-12,29H,3-8,13H2,1-2H3,(H,25,27);8-11H,2-7,12H2,1H3,(H,24,26);1H3;1H;/q;;-1;;+2/p-1. The normalized spacial score (nSPS) is 20.1. The molecule has 0 saturated heterocycles. The summed E-state index contributed by atoms with van der Waals surface area (Å²) in [6.45, 7) is 3.24. The van der Waals surface area contributed by atoms with Crippen molar-refractivity contribution in [1.29, 1.82) is 0 Å². The van der Waals surface area contributed by atoms with Gasteiger partial charge in [0.05, 0.1) is 58.7 Å². The third-order valence-corrected chi connectivity index (χ3v) is 17.1. The van der Waals surface area contributed by atoms with Crippen molar-refractivity contribution in [3.63, 3.8) is 0 Å². The number of nitrogens with one attached hydrogen (secondary N) is 2. The summed E-state index contributed by atoms with van der Waals surface area (Å²) in [5.74, 6) is -3.45. The Hall–Kier alpha value is -4.26. The fourth-order valence-corrected chi connectivity index (χ4v) is 13.7. The number of anilines is 2. The maximum Gasteiger partial charge on any atom is 2.00 e. The Morgan fingerprint density at radius 3 is 1.42 bits per heavy atom. The molecule has 0 saturated carbocycles. The Morgan fingerprint density at radius 1 is 0.646 bits per heavy atom. The van der Waals surface area contributed by atoms with E-state index in [1.807, 2.05) is 0 Å². The van der Waals surface area contributed by atoms with E-state index in [0.717, 1.165) is 88.4 Å². The Balaban J connectivity index is 0.000000206. The monoisotopic (exact) mass is 994 g/mol. The SMILES string of the molecule is CC(C)(O)c1ccc2c(c1)S(=O)(CC(=O)Nc1c3c(cc4c1CCC4)CCC3)=NC2=O.COC(=O)c1ccc2c(c1)S(=O)(CC(=O)Nc1c3c(cc4c1CCC4)CCC3)=NC2=O.[Br-].[CH3-].[Mg+2]. The second-order valence-electron chi connectivity index (χ2n) is 17.4. The van der Waals surface area contributed by atoms with Crippen LogP contribution in [0.25, 0.3) is 0 Å². The van der Waals surface area contributed by atoms with E-state index >= 15 is 0 Å². The molecule has 0 radical (unpaired) electrons. The van der Waals surface area contributed by atoms with Gasteiger partial charge < -0.3 is 44.9 Å². The second-order valence-corrected chi connectivity index (χ2v) is 21.8. The molecule has 2 unspecified atom stereocenters. The summed E-state index contributed by atoms with van der Waals surface area (Å²) in [6, 6.07) is 13.5. The van der Waals surface area contributed by atoms with Crippen molar-refractivity contribution in [2.75, 3.05) is 29.2 Å². The van der Waals surface area contributed by atoms with Crippen LogP contribution in [0.4, 0.5) is 11.4 Å². The van der Waals surface area contributed by atoms with Crippen LogP contribution in [0.3, 0.4) is 0 Å². The summed E-state index contributed by atoms with van der Waals surface area (Å²) < 4.78 is 39.6. The van der Waals surface area contributed by atoms with Crippen LogP contribution in [0.15, 0.2) is 67.0 Å². The number of ether oxygens (including phenoxy) is 1. The average molecular weight is 996 g/mol. The predicted molar refractivity (Wildman–Crippen MR) is 246 cm³/mol. The molecule has 17 heteroatoms. The van der Waals surface area contributed by atoms with E-state index in [0.29, 0.717) is 5.56 Å². The van der Waals surface area contributed by atoms with E-state index in [4.69, 9.17) is 4.74 Å². The number of nitrogens with zero attached hydrogens (tertiary/aromatic N) is 2. The first kappa shape index (κ1) is 50.2. The molecule has 6 aliphatic rings. The largest absolute Gasteiger partial charge is 2.00 e. The molecule has 4 amide bonds. The van der Waals surface area contributed by atoms with E-state index < -0.39 is 60.4 Å². The molecule has 4 aromatic rings. The number of carbonyl (C=O) groups excluding carboxylic acids is 5. The molecule has 4 aliphatic carbocycles. The van der Waals surface area contributed by atoms with E-state index in [2.05, 4.69) is 31.5 Å². The minimum absolute atomic E-state index is 0. The van der Waals surface area contributed by atoms with Crippen molar-refractivity contribution in [2.24, 2.45) is 8.73 Å². The number of fused-ring (bicyclic) bond motifs is 6. The minimum atomic E-state index is -3.32. The van der Waals surface area contributed by atoms with Crippen molar-refractivity contribution in [1.82, 2.24) is 0 Å². The molecule has 3 N–H and O–H groups in total. The molecule has 4 aromatic carbocycles. The van der Waals surface area contributed by atoms with Crippen LogP contribution in [0.5, 0.6) is 0 Å². The van der Waals surface area contributed by atoms with Crippen LogP contribution in [0, 0.1) is 7.43 Å². The first-order valence-corrected chi connectivity index (χ1v) is 24.5. The van der Waals surface area contributed by atoms with Crippen molar-refractivity contribution in [3.05, 3.63) is 123 Å². The number of hydrogen-bond acceptors (Lipinski definition) is 9. The summed E-state index contributed by atoms with van der Waals surface area (Å²) in [6.07, 6.45) is 12.1. The van der Waals surface area contributed by atoms with Gasteiger partial charge in [-0.15, -0.1) is 0 Å². The molecule has 0 spiro atoms. The first-order chi connectivity index (χ1) is 29.5. The van der Waals surface area contributed by atoms with Crippen molar-refractivity contribution in [3.8, 4) is 0 Å². The minimum Gasteiger partial charge on any atom is -1.00 e. The molecule has 0 aromatic heterocycles. The molecule has 0 fully saturated rings. The third-order valence-electron chi connectivity index (χ3n) is 12.8. The van der Waals surface area contributed by atoms with Crippen molar-refractivity contribution < 1.29 is 59.2 Å². The summed E-state index contributed by atoms with van der Waals surface area (Å²) in [7, 11) is -5.32. The van der Waals surface area contributed by atoms with Crippen LogP contribution in [-0.2, 0) is 90.8 Å². The van der Waals surface area contributed by atoms with Crippen LogP contribution < -0.4 is 27.6 Å². The van der Waals surface area contributed by atoms with Gasteiger partial charge >= 0.3 is 29.0 Å². The quantitative estimate of drug-likeness (QED) is 0.134. The van der Waals surface area contributed by atoms with Gasteiger partial charge in [0.1, 0.15) is 11.5 Å². The van der Waals surface area contributed by atoms with Crippen LogP contribution in [0.2, 0.25) is 0 Å². The first-order valence-electron chi connectivity index (χ1n) is 21.2. The number of aryl methyl sites for hydroxylation is 4. The number of amides is 4. The smallest absolute Gasteiger partial charge is 1.00 e. The number of esters is 1. The molecule has 0 bridgehead atoms. The maximum atomic E-state index is 13.6. The topological polar surface area (TPSA) is 198 Å². The zero-order valence-corrected chi connectivity index (χ0v) is 41.7. The second kappa shape index (κ2) is 19.2. The van der Waals surface area contributed by atoms with Crippen LogP contribution >= 0.6 is 0 Å². The van der Waals surface area contributed by atoms with E-state index in [9.17, 15) is 37.5 Å². The maximum absolute atomic E-state index is 13.6. The Labute approximate surface area is 406 Å². The molecule has 2 aliphatic heterocycles. The van der Waals surface area contributed by atoms with Crippen molar-refractivity contribution in [2.45, 2.75) is 106 Å². The molecule has 2 atom stereocenters. The zero-order valence-electron chi connectivity index (χ0n) is 37.0. The summed E-state index contributed by atoms with van der Waals surface area (Å²) >= 11 is 0. The van der Waals surface area contributed by atoms with Gasteiger partial charge in [0.25, 0.3) is 11.8 Å². The summed E-state index contributed by atoms with van der Waals surface area (Å²) in [5, 5.41) is 16.4. The van der Waals surface area contributed by atoms with E-state index in [1.54, 1.807) is 26.0 Å².